The van der Waals surface area contributed by atoms with Crippen molar-refractivity contribution in [3.05, 3.63) is 129 Å². The van der Waals surface area contributed by atoms with Gasteiger partial charge in [0.2, 0.25) is 0 Å². The van der Waals surface area contributed by atoms with Gasteiger partial charge in [0.1, 0.15) is 0 Å². The maximum Gasteiger partial charge on any atom is 0.0722 e. The van der Waals surface area contributed by atoms with Gasteiger partial charge in [-0.05, 0) is 82.3 Å². The van der Waals surface area contributed by atoms with Gasteiger partial charge < -0.3 is 0 Å². The van der Waals surface area contributed by atoms with Crippen molar-refractivity contribution in [2.45, 2.75) is 64.7 Å². The minimum Gasteiger partial charge on any atom is -0.0679 e. The fourth-order valence-corrected chi connectivity index (χ4v) is 12.5. The Balaban J connectivity index is 1.41. The normalized spacial score (nSPS) is 18.0. The molecule has 0 radical (unpaired) electrons. The van der Waals surface area contributed by atoms with E-state index < -0.39 is 8.07 Å². The number of rotatable bonds is 6. The second-order valence-electron chi connectivity index (χ2n) is 12.2. The van der Waals surface area contributed by atoms with E-state index in [0.29, 0.717) is 11.1 Å². The molecule has 2 unspecified atom stereocenters. The average Bonchev–Trinajstić information content (AvgIpc) is 3.49. The van der Waals surface area contributed by atoms with Crippen LogP contribution in [-0.4, -0.2) is 8.07 Å². The number of benzene rings is 4. The van der Waals surface area contributed by atoms with E-state index in [0.717, 1.165) is 12.8 Å². The van der Waals surface area contributed by atoms with E-state index in [4.69, 9.17) is 0 Å². The zero-order valence-corrected chi connectivity index (χ0v) is 25.3. The fraction of sp³-hybridized carbons (Fsp3) is 0.263. The second-order valence-corrected chi connectivity index (χ2v) is 17.0. The first kappa shape index (κ1) is 25.8. The second kappa shape index (κ2) is 9.95. The molecule has 0 amide bonds. The third-order valence-electron chi connectivity index (χ3n) is 9.39. The van der Waals surface area contributed by atoms with Gasteiger partial charge in [-0.2, -0.15) is 0 Å². The van der Waals surface area contributed by atoms with Crippen LogP contribution in [0.15, 0.2) is 96.1 Å². The van der Waals surface area contributed by atoms with E-state index in [9.17, 15) is 0 Å². The minimum absolute atomic E-state index is 0.508. The van der Waals surface area contributed by atoms with E-state index in [1.807, 2.05) is 0 Å². The molecule has 2 atom stereocenters. The van der Waals surface area contributed by atoms with E-state index >= 15 is 0 Å². The quantitative estimate of drug-likeness (QED) is 0.220. The molecule has 196 valence electrons. The molecular formula is C38H40Si. The Bertz CT molecular complexity index is 1480. The Hall–Kier alpha value is -3.42. The lowest BCUT2D eigenvalue weighted by atomic mass is 9.96. The molecule has 0 saturated heterocycles. The first-order chi connectivity index (χ1) is 18.8. The van der Waals surface area contributed by atoms with Crippen molar-refractivity contribution < 1.29 is 0 Å². The summed E-state index contributed by atoms with van der Waals surface area (Å²) >= 11 is 0. The largest absolute Gasteiger partial charge is 0.0722 e. The van der Waals surface area contributed by atoms with Crippen LogP contribution in [0.4, 0.5) is 0 Å². The minimum atomic E-state index is -1.88. The predicted octanol–water partition coefficient (Wildman–Crippen LogP) is 10.6. The van der Waals surface area contributed by atoms with Crippen LogP contribution in [0.2, 0.25) is 13.1 Å². The smallest absolute Gasteiger partial charge is 0.0679 e. The van der Waals surface area contributed by atoms with Gasteiger partial charge >= 0.3 is 0 Å². The first-order valence-corrected chi connectivity index (χ1v) is 17.8. The van der Waals surface area contributed by atoms with Crippen molar-refractivity contribution in [1.82, 2.24) is 0 Å². The highest BCUT2D eigenvalue weighted by molar-refractivity contribution is 6.81. The first-order valence-electron chi connectivity index (χ1n) is 14.6. The topological polar surface area (TPSA) is 0 Å². The third kappa shape index (κ3) is 4.28. The standard InChI is InChI=1S/C38H40Si/c1-7-27-15-19-29(20-16-27)31-11-9-13-33-35(31)23-25(3)37(33)39(5,6)38-26(4)24-36-32(12-10-14-34(36)38)30-21-17-28(8-2)18-22-30/h9-24,37-38H,7-8H2,1-6H3. The summed E-state index contributed by atoms with van der Waals surface area (Å²) in [5.74, 6) is 0. The van der Waals surface area contributed by atoms with Gasteiger partial charge in [-0.3, -0.25) is 0 Å². The van der Waals surface area contributed by atoms with E-state index in [2.05, 4.69) is 138 Å². The molecule has 0 N–H and O–H groups in total. The van der Waals surface area contributed by atoms with Crippen LogP contribution in [0.5, 0.6) is 0 Å². The van der Waals surface area contributed by atoms with Crippen LogP contribution in [0.3, 0.4) is 0 Å². The summed E-state index contributed by atoms with van der Waals surface area (Å²) in [6.45, 7) is 14.5. The molecular weight excluding hydrogens is 485 g/mol. The number of fused-ring (bicyclic) bond motifs is 2. The molecule has 39 heavy (non-hydrogen) atoms. The molecule has 0 spiro atoms. The van der Waals surface area contributed by atoms with Gasteiger partial charge in [0.15, 0.2) is 0 Å². The van der Waals surface area contributed by atoms with Gasteiger partial charge in [0, 0.05) is 11.1 Å². The average molecular weight is 525 g/mol. The van der Waals surface area contributed by atoms with Crippen molar-refractivity contribution in [1.29, 1.82) is 0 Å². The van der Waals surface area contributed by atoms with E-state index in [1.165, 1.54) is 66.8 Å². The van der Waals surface area contributed by atoms with Crippen molar-refractivity contribution in [2.75, 3.05) is 0 Å². The number of allylic oxidation sites excluding steroid dienone is 2. The van der Waals surface area contributed by atoms with Gasteiger partial charge in [-0.1, -0.05) is 135 Å². The van der Waals surface area contributed by atoms with Gasteiger partial charge in [-0.15, -0.1) is 0 Å². The van der Waals surface area contributed by atoms with Crippen LogP contribution in [0.25, 0.3) is 34.4 Å². The maximum atomic E-state index is 2.63. The van der Waals surface area contributed by atoms with Crippen LogP contribution in [0, 0.1) is 0 Å². The molecule has 2 aliphatic carbocycles. The molecule has 0 saturated carbocycles. The Kier molecular flexibility index (Phi) is 6.59. The van der Waals surface area contributed by atoms with Crippen molar-refractivity contribution in [3.8, 4) is 22.3 Å². The molecule has 0 aliphatic heterocycles. The number of hydrogen-bond acceptors (Lipinski definition) is 0. The number of hydrogen-bond donors (Lipinski definition) is 0. The molecule has 0 heterocycles. The Morgan fingerprint density at radius 2 is 0.923 bits per heavy atom. The van der Waals surface area contributed by atoms with Crippen molar-refractivity contribution in [2.24, 2.45) is 0 Å². The molecule has 1 heteroatoms. The van der Waals surface area contributed by atoms with Crippen LogP contribution in [0.1, 0.15) is 72.2 Å². The molecule has 2 aliphatic rings. The summed E-state index contributed by atoms with van der Waals surface area (Å²) in [4.78, 5) is 0. The number of aryl methyl sites for hydroxylation is 2. The van der Waals surface area contributed by atoms with E-state index in [1.54, 1.807) is 0 Å². The molecule has 0 aromatic heterocycles. The zero-order chi connectivity index (χ0) is 27.3. The zero-order valence-electron chi connectivity index (χ0n) is 24.3. The van der Waals surface area contributed by atoms with E-state index in [-0.39, 0.29) is 0 Å². The third-order valence-corrected chi connectivity index (χ3v) is 13.9. The highest BCUT2D eigenvalue weighted by atomic mass is 28.3. The predicted molar refractivity (Wildman–Crippen MR) is 173 cm³/mol. The summed E-state index contributed by atoms with van der Waals surface area (Å²) in [5.41, 5.74) is 18.2. The van der Waals surface area contributed by atoms with Crippen LogP contribution < -0.4 is 0 Å². The summed E-state index contributed by atoms with van der Waals surface area (Å²) < 4.78 is 0. The molecule has 0 nitrogen and oxygen atoms in total. The molecule has 0 bridgehead atoms. The SMILES string of the molecule is CCc1ccc(-c2cccc3c2C=C(C)C3[Si](C)(C)C2C(C)=Cc3c(-c4ccc(CC)cc4)cccc32)cc1. The molecule has 0 fully saturated rings. The fourth-order valence-electron chi connectivity index (χ4n) is 7.59. The lowest BCUT2D eigenvalue weighted by Crippen LogP contribution is -2.42. The Labute approximate surface area is 236 Å². The molecule has 4 aromatic rings. The van der Waals surface area contributed by atoms with Crippen LogP contribution >= 0.6 is 0 Å². The van der Waals surface area contributed by atoms with Gasteiger partial charge in [0.25, 0.3) is 0 Å². The summed E-state index contributed by atoms with van der Waals surface area (Å²) in [7, 11) is -1.88. The van der Waals surface area contributed by atoms with Gasteiger partial charge in [-0.25, -0.2) is 0 Å². The Morgan fingerprint density at radius 1 is 0.538 bits per heavy atom. The highest BCUT2D eigenvalue weighted by Gasteiger charge is 2.47. The lowest BCUT2D eigenvalue weighted by Gasteiger charge is -2.39. The van der Waals surface area contributed by atoms with Gasteiger partial charge in [0.05, 0.1) is 8.07 Å². The summed E-state index contributed by atoms with van der Waals surface area (Å²) in [6, 6.07) is 32.4. The van der Waals surface area contributed by atoms with Crippen molar-refractivity contribution >= 4 is 20.2 Å². The molecule has 6 rings (SSSR count). The highest BCUT2D eigenvalue weighted by Crippen LogP contribution is 2.54. The lowest BCUT2D eigenvalue weighted by molar-refractivity contribution is 0.968. The monoisotopic (exact) mass is 524 g/mol. The maximum absolute atomic E-state index is 2.63. The van der Waals surface area contributed by atoms with Crippen LogP contribution in [-0.2, 0) is 12.8 Å². The summed E-state index contributed by atoms with van der Waals surface area (Å²) in [6.07, 6.45) is 7.15. The Morgan fingerprint density at radius 3 is 1.28 bits per heavy atom. The van der Waals surface area contributed by atoms with Crippen molar-refractivity contribution in [3.63, 3.8) is 0 Å². The molecule has 4 aromatic carbocycles. The summed E-state index contributed by atoms with van der Waals surface area (Å²) in [5, 5.41) is 0.